The lowest BCUT2D eigenvalue weighted by Crippen LogP contribution is -2.11. The van der Waals surface area contributed by atoms with Crippen LogP contribution in [0.5, 0.6) is 0 Å². The Morgan fingerprint density at radius 3 is 2.50 bits per heavy atom. The van der Waals surface area contributed by atoms with Crippen molar-refractivity contribution in [3.63, 3.8) is 0 Å². The van der Waals surface area contributed by atoms with Gasteiger partial charge in [0.05, 0.1) is 15.6 Å². The number of nitrogens with zero attached hydrogens (tertiary/aromatic N) is 2. The van der Waals surface area contributed by atoms with Gasteiger partial charge in [0.1, 0.15) is 5.69 Å². The van der Waals surface area contributed by atoms with Crippen LogP contribution in [0.25, 0.3) is 0 Å². The third kappa shape index (κ3) is 1.88. The quantitative estimate of drug-likeness (QED) is 0.465. The highest BCUT2D eigenvalue weighted by molar-refractivity contribution is 6.33. The maximum absolute atomic E-state index is 10.7. The molecule has 0 atom stereocenters. The van der Waals surface area contributed by atoms with E-state index in [0.29, 0.717) is 11.4 Å². The molecule has 0 aliphatic carbocycles. The first-order chi connectivity index (χ1) is 6.43. The van der Waals surface area contributed by atoms with Crippen molar-refractivity contribution in [3.05, 3.63) is 27.3 Å². The molecule has 1 aromatic carbocycles. The lowest BCUT2D eigenvalue weighted by Gasteiger charge is -2.13. The number of nitro benzene ring substituents is 1. The average molecular weight is 216 g/mol. The number of hydrogen-bond acceptors (Lipinski definition) is 4. The molecule has 2 N–H and O–H groups in total. The van der Waals surface area contributed by atoms with Gasteiger partial charge in [-0.3, -0.25) is 10.1 Å². The largest absolute Gasteiger partial charge is 0.397 e. The van der Waals surface area contributed by atoms with E-state index in [2.05, 4.69) is 0 Å². The topological polar surface area (TPSA) is 72.4 Å². The zero-order chi connectivity index (χ0) is 10.9. The molecule has 0 aromatic heterocycles. The molecule has 1 aromatic rings. The van der Waals surface area contributed by atoms with Crippen LogP contribution in [-0.2, 0) is 0 Å². The molecular weight excluding hydrogens is 206 g/mol. The van der Waals surface area contributed by atoms with Crippen LogP contribution in [0.3, 0.4) is 0 Å². The first-order valence-corrected chi connectivity index (χ1v) is 4.22. The highest BCUT2D eigenvalue weighted by atomic mass is 35.5. The van der Waals surface area contributed by atoms with Crippen LogP contribution in [0.2, 0.25) is 5.02 Å². The van der Waals surface area contributed by atoms with Gasteiger partial charge in [0.25, 0.3) is 5.69 Å². The zero-order valence-corrected chi connectivity index (χ0v) is 8.58. The number of nitrogen functional groups attached to an aromatic ring is 1. The van der Waals surface area contributed by atoms with Crippen molar-refractivity contribution in [2.24, 2.45) is 0 Å². The summed E-state index contributed by atoms with van der Waals surface area (Å²) in [5, 5.41) is 10.9. The van der Waals surface area contributed by atoms with Crippen LogP contribution in [-0.4, -0.2) is 19.0 Å². The first-order valence-electron chi connectivity index (χ1n) is 3.84. The third-order valence-electron chi connectivity index (χ3n) is 1.77. The van der Waals surface area contributed by atoms with Crippen molar-refractivity contribution in [1.29, 1.82) is 0 Å². The molecule has 76 valence electrons. The van der Waals surface area contributed by atoms with Crippen LogP contribution < -0.4 is 10.6 Å². The van der Waals surface area contributed by atoms with Crippen LogP contribution >= 0.6 is 11.6 Å². The Morgan fingerprint density at radius 2 is 2.07 bits per heavy atom. The second-order valence-corrected chi connectivity index (χ2v) is 3.42. The fourth-order valence-electron chi connectivity index (χ4n) is 1.07. The van der Waals surface area contributed by atoms with E-state index >= 15 is 0 Å². The average Bonchev–Trinajstić information content (AvgIpc) is 2.08. The number of benzene rings is 1. The van der Waals surface area contributed by atoms with Gasteiger partial charge in [-0.25, -0.2) is 0 Å². The molecule has 6 heteroatoms. The summed E-state index contributed by atoms with van der Waals surface area (Å²) in [6, 6.07) is 2.74. The van der Waals surface area contributed by atoms with Gasteiger partial charge < -0.3 is 10.6 Å². The summed E-state index contributed by atoms with van der Waals surface area (Å²) < 4.78 is 0. The molecule has 0 saturated heterocycles. The number of rotatable bonds is 2. The minimum Gasteiger partial charge on any atom is -0.397 e. The number of nitro groups is 1. The summed E-state index contributed by atoms with van der Waals surface area (Å²) in [7, 11) is 3.41. The highest BCUT2D eigenvalue weighted by Gasteiger charge is 2.17. The predicted molar refractivity (Wildman–Crippen MR) is 56.8 cm³/mol. The predicted octanol–water partition coefficient (Wildman–Crippen LogP) is 1.90. The molecule has 5 nitrogen and oxygen atoms in total. The lowest BCUT2D eigenvalue weighted by atomic mass is 10.2. The van der Waals surface area contributed by atoms with E-state index in [4.69, 9.17) is 17.3 Å². The van der Waals surface area contributed by atoms with Gasteiger partial charge in [-0.05, 0) is 6.07 Å². The summed E-state index contributed by atoms with van der Waals surface area (Å²) in [4.78, 5) is 11.8. The van der Waals surface area contributed by atoms with Gasteiger partial charge in [-0.2, -0.15) is 0 Å². The first kappa shape index (κ1) is 10.6. The monoisotopic (exact) mass is 215 g/mol. The van der Waals surface area contributed by atoms with E-state index in [1.54, 1.807) is 19.0 Å². The second-order valence-electron chi connectivity index (χ2n) is 3.01. The zero-order valence-electron chi connectivity index (χ0n) is 7.82. The van der Waals surface area contributed by atoms with Crippen molar-refractivity contribution in [1.82, 2.24) is 0 Å². The number of nitrogens with two attached hydrogens (primary N) is 1. The summed E-state index contributed by atoms with van der Waals surface area (Å²) >= 11 is 5.69. The maximum Gasteiger partial charge on any atom is 0.294 e. The van der Waals surface area contributed by atoms with Gasteiger partial charge >= 0.3 is 0 Å². The Kier molecular flexibility index (Phi) is 2.81. The Balaban J connectivity index is 3.39. The SMILES string of the molecule is CN(C)c1cc(N)c(Cl)cc1[N+](=O)[O-]. The second kappa shape index (κ2) is 3.71. The molecule has 0 bridgehead atoms. The molecular formula is C8H10ClN3O2. The fraction of sp³-hybridized carbons (Fsp3) is 0.250. The minimum atomic E-state index is -0.485. The van der Waals surface area contributed by atoms with Gasteiger partial charge in [-0.1, -0.05) is 11.6 Å². The number of anilines is 2. The van der Waals surface area contributed by atoms with Crippen molar-refractivity contribution >= 4 is 28.7 Å². The van der Waals surface area contributed by atoms with Crippen LogP contribution in [0.15, 0.2) is 12.1 Å². The number of halogens is 1. The van der Waals surface area contributed by atoms with Crippen molar-refractivity contribution in [3.8, 4) is 0 Å². The smallest absolute Gasteiger partial charge is 0.294 e. The van der Waals surface area contributed by atoms with Crippen LogP contribution in [0, 0.1) is 10.1 Å². The fourth-order valence-corrected chi connectivity index (χ4v) is 1.23. The highest BCUT2D eigenvalue weighted by Crippen LogP contribution is 2.33. The van der Waals surface area contributed by atoms with Crippen LogP contribution in [0.4, 0.5) is 17.1 Å². The Morgan fingerprint density at radius 1 is 1.50 bits per heavy atom. The normalized spacial score (nSPS) is 9.93. The van der Waals surface area contributed by atoms with Gasteiger partial charge in [0, 0.05) is 20.2 Å². The maximum atomic E-state index is 10.7. The molecule has 0 aliphatic heterocycles. The van der Waals surface area contributed by atoms with E-state index in [0.717, 1.165) is 0 Å². The molecule has 0 spiro atoms. The summed E-state index contributed by atoms with van der Waals surface area (Å²) in [5.41, 5.74) is 6.28. The molecule has 0 fully saturated rings. The molecule has 14 heavy (non-hydrogen) atoms. The minimum absolute atomic E-state index is 0.0470. The lowest BCUT2D eigenvalue weighted by molar-refractivity contribution is -0.384. The van der Waals surface area contributed by atoms with Crippen molar-refractivity contribution < 1.29 is 4.92 Å². The van der Waals surface area contributed by atoms with Crippen molar-refractivity contribution in [2.45, 2.75) is 0 Å². The van der Waals surface area contributed by atoms with E-state index in [9.17, 15) is 10.1 Å². The van der Waals surface area contributed by atoms with Gasteiger partial charge in [0.15, 0.2) is 0 Å². The summed E-state index contributed by atoms with van der Waals surface area (Å²) in [6.07, 6.45) is 0. The molecule has 1 rings (SSSR count). The molecule has 0 aliphatic rings. The summed E-state index contributed by atoms with van der Waals surface area (Å²) in [5.74, 6) is 0. The van der Waals surface area contributed by atoms with Crippen molar-refractivity contribution in [2.75, 3.05) is 24.7 Å². The van der Waals surface area contributed by atoms with Gasteiger partial charge in [0.2, 0.25) is 0 Å². The van der Waals surface area contributed by atoms with E-state index < -0.39 is 4.92 Å². The molecule has 0 saturated carbocycles. The van der Waals surface area contributed by atoms with E-state index in [1.807, 2.05) is 0 Å². The summed E-state index contributed by atoms with van der Waals surface area (Å²) in [6.45, 7) is 0. The van der Waals surface area contributed by atoms with Gasteiger partial charge in [-0.15, -0.1) is 0 Å². The molecule has 0 unspecified atom stereocenters. The molecule has 0 amide bonds. The third-order valence-corrected chi connectivity index (χ3v) is 2.10. The molecule has 0 heterocycles. The Bertz CT molecular complexity index is 379. The standard InChI is InChI=1S/C8H10ClN3O2/c1-11(2)7-4-6(10)5(9)3-8(7)12(13)14/h3-4H,10H2,1-2H3. The molecule has 0 radical (unpaired) electrons. The Labute approximate surface area is 86.2 Å². The van der Waals surface area contributed by atoms with E-state index in [-0.39, 0.29) is 10.7 Å². The van der Waals surface area contributed by atoms with E-state index in [1.165, 1.54) is 12.1 Å². The number of hydrogen-bond donors (Lipinski definition) is 1. The Hall–Kier alpha value is -1.49. The van der Waals surface area contributed by atoms with Crippen LogP contribution in [0.1, 0.15) is 0 Å².